The Kier molecular flexibility index (Phi) is 3.58. The van der Waals surface area contributed by atoms with Gasteiger partial charge in [-0.25, -0.2) is 4.79 Å². The second kappa shape index (κ2) is 5.32. The molecule has 90 valence electrons. The van der Waals surface area contributed by atoms with E-state index in [0.717, 1.165) is 16.7 Å². The van der Waals surface area contributed by atoms with E-state index in [1.165, 1.54) is 0 Å². The minimum atomic E-state index is -0.891. The number of benzene rings is 2. The summed E-state index contributed by atoms with van der Waals surface area (Å²) in [6.07, 6.45) is 1.70. The van der Waals surface area contributed by atoms with E-state index in [4.69, 9.17) is 5.11 Å². The number of hydrogen-bond donors (Lipinski definition) is 1. The Hall–Kier alpha value is -2.35. The summed E-state index contributed by atoms with van der Waals surface area (Å²) in [5, 5.41) is 8.94. The lowest BCUT2D eigenvalue weighted by molar-refractivity contribution is -0.132. The Morgan fingerprint density at radius 3 is 2.28 bits per heavy atom. The molecular weight excluding hydrogens is 224 g/mol. The van der Waals surface area contributed by atoms with Gasteiger partial charge in [0.2, 0.25) is 0 Å². The maximum absolute atomic E-state index is 10.9. The molecule has 0 spiro atoms. The molecule has 0 unspecified atom stereocenters. The fourth-order valence-corrected chi connectivity index (χ4v) is 1.80. The molecule has 2 heteroatoms. The third-order valence-corrected chi connectivity index (χ3v) is 2.75. The van der Waals surface area contributed by atoms with E-state index in [9.17, 15) is 4.79 Å². The van der Waals surface area contributed by atoms with Crippen molar-refractivity contribution in [3.05, 3.63) is 65.7 Å². The van der Waals surface area contributed by atoms with Crippen LogP contribution >= 0.6 is 0 Å². The van der Waals surface area contributed by atoms with Crippen LogP contribution in [0.15, 0.2) is 60.2 Å². The Balaban J connectivity index is 2.51. The monoisotopic (exact) mass is 238 g/mol. The minimum absolute atomic E-state index is 0.332. The highest BCUT2D eigenvalue weighted by atomic mass is 16.4. The molecule has 0 aliphatic carbocycles. The van der Waals surface area contributed by atoms with Crippen LogP contribution in [-0.4, -0.2) is 11.1 Å². The highest BCUT2D eigenvalue weighted by Gasteiger charge is 2.05. The summed E-state index contributed by atoms with van der Waals surface area (Å²) in [5.41, 5.74) is 3.38. The van der Waals surface area contributed by atoms with Crippen LogP contribution in [0.4, 0.5) is 0 Å². The molecule has 0 fully saturated rings. The van der Waals surface area contributed by atoms with Crippen molar-refractivity contribution in [3.8, 4) is 11.1 Å². The molecule has 18 heavy (non-hydrogen) atoms. The minimum Gasteiger partial charge on any atom is -0.478 e. The van der Waals surface area contributed by atoms with E-state index in [2.05, 4.69) is 0 Å². The summed E-state index contributed by atoms with van der Waals surface area (Å²) >= 11 is 0. The van der Waals surface area contributed by atoms with Gasteiger partial charge in [0.1, 0.15) is 0 Å². The summed E-state index contributed by atoms with van der Waals surface area (Å²) in [4.78, 5) is 10.9. The van der Waals surface area contributed by atoms with Gasteiger partial charge in [0.25, 0.3) is 0 Å². The van der Waals surface area contributed by atoms with Crippen molar-refractivity contribution in [1.82, 2.24) is 0 Å². The van der Waals surface area contributed by atoms with Crippen LogP contribution in [0, 0.1) is 0 Å². The van der Waals surface area contributed by atoms with Crippen LogP contribution in [0.1, 0.15) is 12.5 Å². The molecule has 2 rings (SSSR count). The maximum Gasteiger partial charge on any atom is 0.331 e. The average molecular weight is 238 g/mol. The zero-order chi connectivity index (χ0) is 13.0. The maximum atomic E-state index is 10.9. The fraction of sp³-hybridized carbons (Fsp3) is 0.0625. The van der Waals surface area contributed by atoms with Crippen LogP contribution in [-0.2, 0) is 4.79 Å². The number of carboxylic acid groups (broad SMARTS) is 1. The summed E-state index contributed by atoms with van der Waals surface area (Å²) in [6, 6.07) is 17.7. The topological polar surface area (TPSA) is 37.3 Å². The van der Waals surface area contributed by atoms with Crippen molar-refractivity contribution in [2.45, 2.75) is 6.92 Å². The SMILES string of the molecule is C/C(=C\c1ccccc1-c1ccccc1)C(=O)O. The Labute approximate surface area is 106 Å². The molecule has 0 radical (unpaired) electrons. The molecule has 2 aromatic rings. The van der Waals surface area contributed by atoms with Gasteiger partial charge in [-0.15, -0.1) is 0 Å². The molecular formula is C16H14O2. The van der Waals surface area contributed by atoms with E-state index in [1.54, 1.807) is 13.0 Å². The number of carboxylic acids is 1. The van der Waals surface area contributed by atoms with Gasteiger partial charge >= 0.3 is 5.97 Å². The summed E-state index contributed by atoms with van der Waals surface area (Å²) < 4.78 is 0. The van der Waals surface area contributed by atoms with Crippen molar-refractivity contribution in [2.75, 3.05) is 0 Å². The van der Waals surface area contributed by atoms with Crippen molar-refractivity contribution in [3.63, 3.8) is 0 Å². The number of rotatable bonds is 3. The normalized spacial score (nSPS) is 11.3. The van der Waals surface area contributed by atoms with E-state index in [-0.39, 0.29) is 0 Å². The van der Waals surface area contributed by atoms with Gasteiger partial charge in [0.15, 0.2) is 0 Å². The van der Waals surface area contributed by atoms with Gasteiger partial charge in [-0.1, -0.05) is 54.6 Å². The molecule has 2 aromatic carbocycles. The molecule has 0 saturated heterocycles. The third kappa shape index (κ3) is 2.66. The Morgan fingerprint density at radius 1 is 1.00 bits per heavy atom. The Bertz CT molecular complexity index is 583. The molecule has 2 nitrogen and oxygen atoms in total. The first kappa shape index (κ1) is 12.1. The van der Waals surface area contributed by atoms with Crippen LogP contribution in [0.5, 0.6) is 0 Å². The predicted octanol–water partition coefficient (Wildman–Crippen LogP) is 3.84. The van der Waals surface area contributed by atoms with Crippen LogP contribution < -0.4 is 0 Å². The molecule has 0 aliphatic rings. The van der Waals surface area contributed by atoms with Crippen molar-refractivity contribution < 1.29 is 9.90 Å². The third-order valence-electron chi connectivity index (χ3n) is 2.75. The van der Waals surface area contributed by atoms with E-state index in [0.29, 0.717) is 5.57 Å². The van der Waals surface area contributed by atoms with Crippen LogP contribution in [0.3, 0.4) is 0 Å². The first-order valence-corrected chi connectivity index (χ1v) is 5.74. The van der Waals surface area contributed by atoms with Crippen molar-refractivity contribution in [1.29, 1.82) is 0 Å². The number of hydrogen-bond acceptors (Lipinski definition) is 1. The quantitative estimate of drug-likeness (QED) is 0.825. The molecule has 0 amide bonds. The second-order valence-corrected chi connectivity index (χ2v) is 4.09. The van der Waals surface area contributed by atoms with Crippen LogP contribution in [0.25, 0.3) is 17.2 Å². The molecule has 0 saturated carbocycles. The molecule has 0 bridgehead atoms. The summed E-state index contributed by atoms with van der Waals surface area (Å²) in [5.74, 6) is -0.891. The Morgan fingerprint density at radius 2 is 1.61 bits per heavy atom. The largest absolute Gasteiger partial charge is 0.478 e. The van der Waals surface area contributed by atoms with Crippen molar-refractivity contribution in [2.24, 2.45) is 0 Å². The number of aliphatic carboxylic acids is 1. The zero-order valence-electron chi connectivity index (χ0n) is 10.1. The standard InChI is InChI=1S/C16H14O2/c1-12(16(17)18)11-14-9-5-6-10-15(14)13-7-3-2-4-8-13/h2-11H,1H3,(H,17,18)/b12-11+. The first-order valence-electron chi connectivity index (χ1n) is 5.74. The average Bonchev–Trinajstić information content (AvgIpc) is 2.40. The van der Waals surface area contributed by atoms with Crippen molar-refractivity contribution >= 4 is 12.0 Å². The van der Waals surface area contributed by atoms with Gasteiger partial charge in [0, 0.05) is 5.57 Å². The highest BCUT2D eigenvalue weighted by molar-refractivity contribution is 5.93. The van der Waals surface area contributed by atoms with Gasteiger partial charge < -0.3 is 5.11 Å². The van der Waals surface area contributed by atoms with Gasteiger partial charge in [-0.05, 0) is 29.7 Å². The summed E-state index contributed by atoms with van der Waals surface area (Å²) in [7, 11) is 0. The lowest BCUT2D eigenvalue weighted by atomic mass is 9.98. The fourth-order valence-electron chi connectivity index (χ4n) is 1.80. The number of carbonyl (C=O) groups is 1. The van der Waals surface area contributed by atoms with Crippen LogP contribution in [0.2, 0.25) is 0 Å². The van der Waals surface area contributed by atoms with E-state index >= 15 is 0 Å². The molecule has 0 aromatic heterocycles. The predicted molar refractivity (Wildman–Crippen MR) is 73.2 cm³/mol. The van der Waals surface area contributed by atoms with E-state index in [1.807, 2.05) is 54.6 Å². The molecule has 0 atom stereocenters. The first-order chi connectivity index (χ1) is 8.68. The van der Waals surface area contributed by atoms with E-state index < -0.39 is 5.97 Å². The highest BCUT2D eigenvalue weighted by Crippen LogP contribution is 2.25. The smallest absolute Gasteiger partial charge is 0.331 e. The molecule has 0 aliphatic heterocycles. The summed E-state index contributed by atoms with van der Waals surface area (Å²) in [6.45, 7) is 1.60. The second-order valence-electron chi connectivity index (χ2n) is 4.09. The lowest BCUT2D eigenvalue weighted by Gasteiger charge is -2.06. The molecule has 0 heterocycles. The van der Waals surface area contributed by atoms with Gasteiger partial charge in [0.05, 0.1) is 0 Å². The van der Waals surface area contributed by atoms with Gasteiger partial charge in [-0.3, -0.25) is 0 Å². The van der Waals surface area contributed by atoms with Gasteiger partial charge in [-0.2, -0.15) is 0 Å². The zero-order valence-corrected chi connectivity index (χ0v) is 10.1. The lowest BCUT2D eigenvalue weighted by Crippen LogP contribution is -1.96. The molecule has 1 N–H and O–H groups in total.